The summed E-state index contributed by atoms with van der Waals surface area (Å²) in [6, 6.07) is 0. The van der Waals surface area contributed by atoms with Gasteiger partial charge in [-0.25, -0.2) is 0 Å². The number of fused-ring (bicyclic) bond motifs is 2. The van der Waals surface area contributed by atoms with Crippen molar-refractivity contribution in [2.45, 2.75) is 32.1 Å². The predicted molar refractivity (Wildman–Crippen MR) is 71.3 cm³/mol. The van der Waals surface area contributed by atoms with E-state index in [1.807, 2.05) is 0 Å². The van der Waals surface area contributed by atoms with Crippen molar-refractivity contribution in [2.75, 3.05) is 33.4 Å². The molecule has 0 aromatic carbocycles. The molecule has 2 N–H and O–H groups in total. The number of hydrogen-bond acceptors (Lipinski definition) is 3. The molecule has 4 nitrogen and oxygen atoms in total. The summed E-state index contributed by atoms with van der Waals surface area (Å²) in [6.07, 6.45) is 6.57. The van der Waals surface area contributed by atoms with Gasteiger partial charge in [0.25, 0.3) is 0 Å². The van der Waals surface area contributed by atoms with E-state index in [9.17, 15) is 4.79 Å². The zero-order chi connectivity index (χ0) is 12.8. The highest BCUT2D eigenvalue weighted by atomic mass is 16.5. The number of carbonyl (C=O) groups is 1. The molecule has 1 amide bonds. The van der Waals surface area contributed by atoms with E-state index >= 15 is 0 Å². The molecule has 0 aromatic rings. The van der Waals surface area contributed by atoms with Crippen molar-refractivity contribution >= 4 is 5.91 Å². The van der Waals surface area contributed by atoms with Crippen LogP contribution in [0.2, 0.25) is 0 Å². The molecule has 0 aromatic heterocycles. The maximum atomic E-state index is 11.5. The van der Waals surface area contributed by atoms with E-state index in [0.717, 1.165) is 30.7 Å². The normalized spacial score (nSPS) is 29.7. The van der Waals surface area contributed by atoms with Gasteiger partial charge in [0.05, 0.1) is 6.54 Å². The van der Waals surface area contributed by atoms with Crippen LogP contribution in [-0.2, 0) is 9.53 Å². The molecular formula is C14H26N2O2. The lowest BCUT2D eigenvalue weighted by atomic mass is 9.89. The van der Waals surface area contributed by atoms with Gasteiger partial charge in [-0.05, 0) is 50.0 Å². The first-order valence-corrected chi connectivity index (χ1v) is 7.26. The minimum atomic E-state index is 0.106. The van der Waals surface area contributed by atoms with Crippen molar-refractivity contribution in [3.05, 3.63) is 0 Å². The zero-order valence-electron chi connectivity index (χ0n) is 11.4. The van der Waals surface area contributed by atoms with Gasteiger partial charge in [-0.3, -0.25) is 4.79 Å². The van der Waals surface area contributed by atoms with Gasteiger partial charge in [0, 0.05) is 20.3 Å². The highest BCUT2D eigenvalue weighted by Gasteiger charge is 2.38. The summed E-state index contributed by atoms with van der Waals surface area (Å²) < 4.78 is 4.93. The monoisotopic (exact) mass is 254 g/mol. The Kier molecular flexibility index (Phi) is 5.45. The number of methoxy groups -OCH3 is 1. The molecule has 2 bridgehead atoms. The lowest BCUT2D eigenvalue weighted by molar-refractivity contribution is -0.120. The van der Waals surface area contributed by atoms with Crippen molar-refractivity contribution in [3.63, 3.8) is 0 Å². The second-order valence-electron chi connectivity index (χ2n) is 5.76. The second kappa shape index (κ2) is 7.10. The van der Waals surface area contributed by atoms with Crippen molar-refractivity contribution in [3.8, 4) is 0 Å². The summed E-state index contributed by atoms with van der Waals surface area (Å²) in [5.41, 5.74) is 0. The molecule has 4 heteroatoms. The molecular weight excluding hydrogens is 228 g/mol. The Bertz CT molecular complexity index is 271. The van der Waals surface area contributed by atoms with Crippen LogP contribution in [0.5, 0.6) is 0 Å². The second-order valence-corrected chi connectivity index (χ2v) is 5.76. The van der Waals surface area contributed by atoms with Gasteiger partial charge in [0.2, 0.25) is 5.91 Å². The van der Waals surface area contributed by atoms with E-state index in [2.05, 4.69) is 10.6 Å². The Morgan fingerprint density at radius 2 is 2.22 bits per heavy atom. The summed E-state index contributed by atoms with van der Waals surface area (Å²) in [5.74, 6) is 2.86. The first kappa shape index (κ1) is 13.8. The van der Waals surface area contributed by atoms with E-state index in [4.69, 9.17) is 4.74 Å². The van der Waals surface area contributed by atoms with E-state index in [0.29, 0.717) is 19.7 Å². The number of amides is 1. The fourth-order valence-electron chi connectivity index (χ4n) is 3.50. The van der Waals surface area contributed by atoms with Crippen LogP contribution in [0.4, 0.5) is 0 Å². The Morgan fingerprint density at radius 3 is 2.89 bits per heavy atom. The van der Waals surface area contributed by atoms with Crippen molar-refractivity contribution < 1.29 is 9.53 Å². The topological polar surface area (TPSA) is 50.4 Å². The van der Waals surface area contributed by atoms with Crippen LogP contribution in [0.15, 0.2) is 0 Å². The van der Waals surface area contributed by atoms with Gasteiger partial charge >= 0.3 is 0 Å². The third-order valence-corrected chi connectivity index (χ3v) is 4.42. The lowest BCUT2D eigenvalue weighted by Gasteiger charge is -2.21. The van der Waals surface area contributed by atoms with Crippen LogP contribution in [-0.4, -0.2) is 39.3 Å². The fourth-order valence-corrected chi connectivity index (χ4v) is 3.50. The molecule has 104 valence electrons. The third kappa shape index (κ3) is 3.95. The van der Waals surface area contributed by atoms with Gasteiger partial charge < -0.3 is 15.4 Å². The molecule has 0 heterocycles. The maximum Gasteiger partial charge on any atom is 0.233 e. The number of hydrogen-bond donors (Lipinski definition) is 2. The van der Waals surface area contributed by atoms with Crippen molar-refractivity contribution in [1.82, 2.24) is 10.6 Å². The summed E-state index contributed by atoms with van der Waals surface area (Å²) in [4.78, 5) is 11.5. The first-order valence-electron chi connectivity index (χ1n) is 7.26. The first-order chi connectivity index (χ1) is 8.79. The van der Waals surface area contributed by atoms with Crippen LogP contribution in [0, 0.1) is 17.8 Å². The Morgan fingerprint density at radius 1 is 1.33 bits per heavy atom. The third-order valence-electron chi connectivity index (χ3n) is 4.42. The van der Waals surface area contributed by atoms with Crippen LogP contribution in [0.25, 0.3) is 0 Å². The molecule has 0 saturated heterocycles. The molecule has 2 aliphatic rings. The molecule has 0 radical (unpaired) electrons. The molecule has 2 aliphatic carbocycles. The standard InChI is InChI=1S/C14H26N2O2/c1-18-6-2-5-16-14(17)10-15-9-13-8-11-3-4-12(13)7-11/h11-13,15H,2-10H2,1H3,(H,16,17). The van der Waals surface area contributed by atoms with Gasteiger partial charge in [-0.1, -0.05) is 6.42 Å². The molecule has 18 heavy (non-hydrogen) atoms. The molecule has 0 aliphatic heterocycles. The number of nitrogens with one attached hydrogen (secondary N) is 2. The summed E-state index contributed by atoms with van der Waals surface area (Å²) in [5, 5.41) is 6.20. The van der Waals surface area contributed by atoms with Crippen LogP contribution >= 0.6 is 0 Å². The molecule has 0 spiro atoms. The average Bonchev–Trinajstić information content (AvgIpc) is 2.97. The highest BCUT2D eigenvalue weighted by molar-refractivity contribution is 5.77. The van der Waals surface area contributed by atoms with Crippen LogP contribution < -0.4 is 10.6 Å². The number of carbonyl (C=O) groups excluding carboxylic acids is 1. The lowest BCUT2D eigenvalue weighted by Crippen LogP contribution is -2.37. The highest BCUT2D eigenvalue weighted by Crippen LogP contribution is 2.47. The van der Waals surface area contributed by atoms with Crippen molar-refractivity contribution in [1.29, 1.82) is 0 Å². The average molecular weight is 254 g/mol. The van der Waals surface area contributed by atoms with E-state index < -0.39 is 0 Å². The van der Waals surface area contributed by atoms with Crippen LogP contribution in [0.3, 0.4) is 0 Å². The van der Waals surface area contributed by atoms with Crippen LogP contribution in [0.1, 0.15) is 32.1 Å². The van der Waals surface area contributed by atoms with E-state index in [-0.39, 0.29) is 5.91 Å². The zero-order valence-corrected chi connectivity index (χ0v) is 11.4. The SMILES string of the molecule is COCCCNC(=O)CNCC1CC2CCC1C2. The number of rotatable bonds is 8. The smallest absolute Gasteiger partial charge is 0.233 e. The fraction of sp³-hybridized carbons (Fsp3) is 0.929. The molecule has 2 fully saturated rings. The maximum absolute atomic E-state index is 11.5. The minimum Gasteiger partial charge on any atom is -0.385 e. The molecule has 2 saturated carbocycles. The minimum absolute atomic E-state index is 0.106. The largest absolute Gasteiger partial charge is 0.385 e. The van der Waals surface area contributed by atoms with Gasteiger partial charge in [0.1, 0.15) is 0 Å². The van der Waals surface area contributed by atoms with Crippen molar-refractivity contribution in [2.24, 2.45) is 17.8 Å². The summed E-state index contributed by atoms with van der Waals surface area (Å²) in [7, 11) is 1.68. The Labute approximate surface area is 110 Å². The van der Waals surface area contributed by atoms with E-state index in [1.54, 1.807) is 7.11 Å². The molecule has 3 atom stereocenters. The molecule has 3 unspecified atom stereocenters. The van der Waals surface area contributed by atoms with Gasteiger partial charge in [0.15, 0.2) is 0 Å². The number of ether oxygens (including phenoxy) is 1. The summed E-state index contributed by atoms with van der Waals surface area (Å²) >= 11 is 0. The molecule has 2 rings (SSSR count). The predicted octanol–water partition coefficient (Wildman–Crippen LogP) is 1.16. The quantitative estimate of drug-likeness (QED) is 0.639. The van der Waals surface area contributed by atoms with Gasteiger partial charge in [-0.2, -0.15) is 0 Å². The summed E-state index contributed by atoms with van der Waals surface area (Å²) in [6.45, 7) is 2.90. The Balaban J connectivity index is 1.49. The van der Waals surface area contributed by atoms with E-state index in [1.165, 1.54) is 25.7 Å². The Hall–Kier alpha value is -0.610. The van der Waals surface area contributed by atoms with Gasteiger partial charge in [-0.15, -0.1) is 0 Å².